The lowest BCUT2D eigenvalue weighted by molar-refractivity contribution is -0.131. The molecular weight excluding hydrogens is 411 g/mol. The molecule has 7 heteroatoms. The predicted octanol–water partition coefficient (Wildman–Crippen LogP) is 4.30. The van der Waals surface area contributed by atoms with Crippen molar-refractivity contribution in [2.75, 3.05) is 19.6 Å². The first-order valence-electron chi connectivity index (χ1n) is 9.71. The number of hydrogen-bond acceptors (Lipinski definition) is 3. The number of nitrogens with one attached hydrogen (secondary N) is 1. The Balaban J connectivity index is 1.39. The number of hydrogen-bond donors (Lipinski definition) is 2. The molecule has 29 heavy (non-hydrogen) atoms. The Morgan fingerprint density at radius 2 is 1.72 bits per heavy atom. The molecule has 2 aromatic rings. The minimum absolute atomic E-state index is 0.0305. The van der Waals surface area contributed by atoms with Crippen molar-refractivity contribution in [3.63, 3.8) is 0 Å². The van der Waals surface area contributed by atoms with Crippen molar-refractivity contribution in [1.82, 2.24) is 10.2 Å². The molecule has 0 radical (unpaired) electrons. The molecule has 154 valence electrons. The number of carbonyl (C=O) groups excluding carboxylic acids is 2. The maximum atomic E-state index is 12.4. The maximum Gasteiger partial charge on any atom is 0.251 e. The van der Waals surface area contributed by atoms with Gasteiger partial charge in [-0.2, -0.15) is 0 Å². The van der Waals surface area contributed by atoms with E-state index in [1.54, 1.807) is 24.3 Å². The van der Waals surface area contributed by atoms with Gasteiger partial charge in [-0.3, -0.25) is 9.59 Å². The first kappa shape index (κ1) is 21.5. The molecule has 3 rings (SSSR count). The first-order chi connectivity index (χ1) is 13.9. The molecule has 2 aromatic carbocycles. The Kier molecular flexibility index (Phi) is 7.40. The molecule has 1 saturated heterocycles. The van der Waals surface area contributed by atoms with Crippen molar-refractivity contribution in [3.05, 3.63) is 63.6 Å². The van der Waals surface area contributed by atoms with Crippen LogP contribution in [-0.4, -0.2) is 41.5 Å². The normalized spacial score (nSPS) is 14.6. The second-order valence-corrected chi connectivity index (χ2v) is 8.16. The zero-order valence-corrected chi connectivity index (χ0v) is 17.5. The SMILES string of the molecule is O=C(NCC(=O)N1CCC(CCc2ccc(O)cc2)CC1)c1ccc(Cl)c(Cl)c1. The lowest BCUT2D eigenvalue weighted by Crippen LogP contribution is -2.44. The number of phenols is 1. The summed E-state index contributed by atoms with van der Waals surface area (Å²) in [5.74, 6) is 0.446. The van der Waals surface area contributed by atoms with Gasteiger partial charge in [0.05, 0.1) is 16.6 Å². The molecule has 2 amide bonds. The Morgan fingerprint density at radius 1 is 1.03 bits per heavy atom. The van der Waals surface area contributed by atoms with Gasteiger partial charge in [-0.25, -0.2) is 0 Å². The van der Waals surface area contributed by atoms with Gasteiger partial charge in [0.15, 0.2) is 0 Å². The highest BCUT2D eigenvalue weighted by Crippen LogP contribution is 2.24. The van der Waals surface area contributed by atoms with Gasteiger partial charge in [-0.15, -0.1) is 0 Å². The Bertz CT molecular complexity index is 863. The summed E-state index contributed by atoms with van der Waals surface area (Å²) >= 11 is 11.8. The van der Waals surface area contributed by atoms with E-state index in [1.807, 2.05) is 17.0 Å². The van der Waals surface area contributed by atoms with E-state index >= 15 is 0 Å². The third-order valence-corrected chi connectivity index (χ3v) is 6.07. The molecule has 0 spiro atoms. The van der Waals surface area contributed by atoms with Crippen LogP contribution in [0.25, 0.3) is 0 Å². The summed E-state index contributed by atoms with van der Waals surface area (Å²) in [5, 5.41) is 12.7. The molecule has 5 nitrogen and oxygen atoms in total. The average Bonchev–Trinajstić information content (AvgIpc) is 2.73. The number of halogens is 2. The second-order valence-electron chi connectivity index (χ2n) is 7.34. The van der Waals surface area contributed by atoms with Crippen LogP contribution in [0.1, 0.15) is 35.2 Å². The molecule has 2 N–H and O–H groups in total. The Labute approximate surface area is 180 Å². The van der Waals surface area contributed by atoms with E-state index in [4.69, 9.17) is 23.2 Å². The summed E-state index contributed by atoms with van der Waals surface area (Å²) in [6.07, 6.45) is 3.97. The number of amides is 2. The van der Waals surface area contributed by atoms with Crippen LogP contribution in [0.4, 0.5) is 0 Å². The lowest BCUT2D eigenvalue weighted by atomic mass is 9.90. The summed E-state index contributed by atoms with van der Waals surface area (Å²) in [6, 6.07) is 11.9. The molecule has 1 heterocycles. The summed E-state index contributed by atoms with van der Waals surface area (Å²) in [6.45, 7) is 1.39. The van der Waals surface area contributed by atoms with E-state index in [1.165, 1.54) is 11.6 Å². The van der Waals surface area contributed by atoms with E-state index in [0.29, 0.717) is 34.6 Å². The molecular formula is C22H24Cl2N2O3. The molecule has 0 aromatic heterocycles. The maximum absolute atomic E-state index is 12.4. The summed E-state index contributed by atoms with van der Waals surface area (Å²) in [7, 11) is 0. The molecule has 0 saturated carbocycles. The highest BCUT2D eigenvalue weighted by Gasteiger charge is 2.23. The molecule has 0 aliphatic carbocycles. The largest absolute Gasteiger partial charge is 0.508 e. The third-order valence-electron chi connectivity index (χ3n) is 5.33. The van der Waals surface area contributed by atoms with Gasteiger partial charge >= 0.3 is 0 Å². The van der Waals surface area contributed by atoms with Crippen molar-refractivity contribution in [2.45, 2.75) is 25.7 Å². The van der Waals surface area contributed by atoms with Crippen molar-refractivity contribution in [3.8, 4) is 5.75 Å². The number of rotatable bonds is 6. The van der Waals surface area contributed by atoms with Gasteiger partial charge in [0, 0.05) is 18.7 Å². The topological polar surface area (TPSA) is 69.6 Å². The fourth-order valence-corrected chi connectivity index (χ4v) is 3.81. The molecule has 1 aliphatic rings. The van der Waals surface area contributed by atoms with Gasteiger partial charge in [0.25, 0.3) is 5.91 Å². The molecule has 0 bridgehead atoms. The zero-order valence-electron chi connectivity index (χ0n) is 16.0. The number of likely N-dealkylation sites (tertiary alicyclic amines) is 1. The van der Waals surface area contributed by atoms with E-state index in [0.717, 1.165) is 25.7 Å². The predicted molar refractivity (Wildman–Crippen MR) is 115 cm³/mol. The van der Waals surface area contributed by atoms with Crippen LogP contribution in [0.5, 0.6) is 5.75 Å². The smallest absolute Gasteiger partial charge is 0.251 e. The standard InChI is InChI=1S/C22H24Cl2N2O3/c23-19-8-5-17(13-20(19)24)22(29)25-14-21(28)26-11-9-16(10-12-26)2-1-15-3-6-18(27)7-4-15/h3-8,13,16,27H,1-2,9-12,14H2,(H,25,29). The molecule has 0 atom stereocenters. The van der Waals surface area contributed by atoms with Crippen molar-refractivity contribution in [1.29, 1.82) is 0 Å². The van der Waals surface area contributed by atoms with Gasteiger partial charge < -0.3 is 15.3 Å². The highest BCUT2D eigenvalue weighted by molar-refractivity contribution is 6.42. The van der Waals surface area contributed by atoms with Gasteiger partial charge in [-0.1, -0.05) is 35.3 Å². The fourth-order valence-electron chi connectivity index (χ4n) is 3.51. The third kappa shape index (κ3) is 6.12. The van der Waals surface area contributed by atoms with E-state index in [9.17, 15) is 14.7 Å². The van der Waals surface area contributed by atoms with Crippen LogP contribution in [0.3, 0.4) is 0 Å². The lowest BCUT2D eigenvalue weighted by Gasteiger charge is -2.32. The van der Waals surface area contributed by atoms with E-state index in [-0.39, 0.29) is 24.1 Å². The van der Waals surface area contributed by atoms with Crippen LogP contribution < -0.4 is 5.32 Å². The average molecular weight is 435 g/mol. The van der Waals surface area contributed by atoms with E-state index < -0.39 is 0 Å². The number of nitrogens with zero attached hydrogens (tertiary/aromatic N) is 1. The second kappa shape index (κ2) is 9.99. The summed E-state index contributed by atoms with van der Waals surface area (Å²) in [4.78, 5) is 26.4. The quantitative estimate of drug-likeness (QED) is 0.711. The highest BCUT2D eigenvalue weighted by atomic mass is 35.5. The van der Waals surface area contributed by atoms with Crippen molar-refractivity contribution < 1.29 is 14.7 Å². The minimum atomic E-state index is -0.347. The van der Waals surface area contributed by atoms with Crippen molar-refractivity contribution >= 4 is 35.0 Å². The molecule has 0 unspecified atom stereocenters. The summed E-state index contributed by atoms with van der Waals surface area (Å²) < 4.78 is 0. The summed E-state index contributed by atoms with van der Waals surface area (Å²) in [5.41, 5.74) is 1.59. The monoisotopic (exact) mass is 434 g/mol. The van der Waals surface area contributed by atoms with Crippen LogP contribution in [0.2, 0.25) is 10.0 Å². The van der Waals surface area contributed by atoms with Gasteiger partial charge in [-0.05, 0) is 67.5 Å². The number of aromatic hydroxyl groups is 1. The van der Waals surface area contributed by atoms with Crippen molar-refractivity contribution in [2.24, 2.45) is 5.92 Å². The molecule has 1 fully saturated rings. The number of aryl methyl sites for hydroxylation is 1. The van der Waals surface area contributed by atoms with Crippen LogP contribution in [0.15, 0.2) is 42.5 Å². The zero-order chi connectivity index (χ0) is 20.8. The van der Waals surface area contributed by atoms with E-state index in [2.05, 4.69) is 5.32 Å². The number of carbonyl (C=O) groups is 2. The van der Waals surface area contributed by atoms with Gasteiger partial charge in [0.1, 0.15) is 5.75 Å². The fraction of sp³-hybridized carbons (Fsp3) is 0.364. The minimum Gasteiger partial charge on any atom is -0.508 e. The van der Waals surface area contributed by atoms with Crippen LogP contribution in [0, 0.1) is 5.92 Å². The first-order valence-corrected chi connectivity index (χ1v) is 10.5. The Morgan fingerprint density at radius 3 is 2.38 bits per heavy atom. The number of phenolic OH excluding ortho intramolecular Hbond substituents is 1. The van der Waals surface area contributed by atoms with Crippen LogP contribution >= 0.6 is 23.2 Å². The van der Waals surface area contributed by atoms with Gasteiger partial charge in [0.2, 0.25) is 5.91 Å². The number of piperidine rings is 1. The Hall–Kier alpha value is -2.24. The molecule has 1 aliphatic heterocycles. The number of benzene rings is 2. The van der Waals surface area contributed by atoms with Crippen LogP contribution in [-0.2, 0) is 11.2 Å².